The zero-order valence-electron chi connectivity index (χ0n) is 17.2. The molecule has 1 atom stereocenters. The fraction of sp³-hybridized carbons (Fsp3) is 0.522. The van der Waals surface area contributed by atoms with E-state index in [1.165, 1.54) is 0 Å². The Labute approximate surface area is 172 Å². The minimum atomic E-state index is -0.865. The topological polar surface area (TPSA) is 58.6 Å². The van der Waals surface area contributed by atoms with Gasteiger partial charge in [-0.2, -0.15) is 0 Å². The van der Waals surface area contributed by atoms with E-state index in [0.29, 0.717) is 6.42 Å². The number of ether oxygens (including phenoxy) is 1. The lowest BCUT2D eigenvalue weighted by atomic mass is 9.75. The lowest BCUT2D eigenvalue weighted by Crippen LogP contribution is -2.50. The van der Waals surface area contributed by atoms with Crippen LogP contribution in [0.1, 0.15) is 36.3 Å². The second-order valence-corrected chi connectivity index (χ2v) is 7.99. The Kier molecular flexibility index (Phi) is 6.21. The van der Waals surface area contributed by atoms with E-state index < -0.39 is 5.41 Å². The zero-order chi connectivity index (χ0) is 20.1. The van der Waals surface area contributed by atoms with Gasteiger partial charge >= 0.3 is 0 Å². The van der Waals surface area contributed by atoms with Gasteiger partial charge in [0, 0.05) is 44.6 Å². The first-order chi connectivity index (χ1) is 14.2. The van der Waals surface area contributed by atoms with Gasteiger partial charge in [0.15, 0.2) is 0 Å². The fourth-order valence-corrected chi connectivity index (χ4v) is 4.45. The van der Waals surface area contributed by atoms with Crippen molar-refractivity contribution in [3.8, 4) is 0 Å². The summed E-state index contributed by atoms with van der Waals surface area (Å²) in [5, 5.41) is 0. The Bertz CT molecular complexity index is 817. The van der Waals surface area contributed by atoms with Crippen LogP contribution in [0.5, 0.6) is 0 Å². The normalized spacial score (nSPS) is 19.8. The average Bonchev–Trinajstić information content (AvgIpc) is 3.31. The molecule has 2 aromatic rings. The predicted octanol–water partition coefficient (Wildman–Crippen LogP) is 2.42. The number of nitrogens with zero attached hydrogens (tertiary/aromatic N) is 4. The van der Waals surface area contributed by atoms with Crippen LogP contribution in [0.4, 0.5) is 0 Å². The monoisotopic (exact) mass is 394 g/mol. The van der Waals surface area contributed by atoms with Gasteiger partial charge in [-0.1, -0.05) is 12.1 Å². The Morgan fingerprint density at radius 3 is 2.48 bits per heavy atom. The van der Waals surface area contributed by atoms with Crippen molar-refractivity contribution in [1.29, 1.82) is 0 Å². The SMILES string of the molecule is Cc1cccc(C(CCN2CCOCC2)(C(=O)N2CCCC2)c2ccccn2)n1. The summed E-state index contributed by atoms with van der Waals surface area (Å²) in [6.07, 6.45) is 4.57. The van der Waals surface area contributed by atoms with Crippen molar-refractivity contribution >= 4 is 5.91 Å². The lowest BCUT2D eigenvalue weighted by molar-refractivity contribution is -0.135. The molecule has 0 spiro atoms. The maximum Gasteiger partial charge on any atom is 0.240 e. The summed E-state index contributed by atoms with van der Waals surface area (Å²) < 4.78 is 5.50. The second kappa shape index (κ2) is 9.01. The number of pyridine rings is 2. The van der Waals surface area contributed by atoms with E-state index in [1.807, 2.05) is 48.2 Å². The fourth-order valence-electron chi connectivity index (χ4n) is 4.45. The summed E-state index contributed by atoms with van der Waals surface area (Å²) >= 11 is 0. The molecule has 2 aliphatic heterocycles. The molecule has 6 nitrogen and oxygen atoms in total. The summed E-state index contributed by atoms with van der Waals surface area (Å²) in [6, 6.07) is 11.8. The summed E-state index contributed by atoms with van der Waals surface area (Å²) in [7, 11) is 0. The molecule has 0 aromatic carbocycles. The average molecular weight is 395 g/mol. The minimum absolute atomic E-state index is 0.139. The molecule has 2 aliphatic rings. The highest BCUT2D eigenvalue weighted by molar-refractivity contribution is 5.91. The molecule has 1 amide bonds. The number of carbonyl (C=O) groups excluding carboxylic acids is 1. The molecule has 4 rings (SSSR count). The molecule has 1 unspecified atom stereocenters. The lowest BCUT2D eigenvalue weighted by Gasteiger charge is -2.37. The van der Waals surface area contributed by atoms with Crippen LogP contribution < -0.4 is 0 Å². The molecule has 0 saturated carbocycles. The molecular weight excluding hydrogens is 364 g/mol. The van der Waals surface area contributed by atoms with Crippen LogP contribution in [0.25, 0.3) is 0 Å². The Morgan fingerprint density at radius 2 is 1.79 bits per heavy atom. The first-order valence-corrected chi connectivity index (χ1v) is 10.7. The number of rotatable bonds is 6. The zero-order valence-corrected chi connectivity index (χ0v) is 17.2. The minimum Gasteiger partial charge on any atom is -0.379 e. The number of hydrogen-bond donors (Lipinski definition) is 0. The highest BCUT2D eigenvalue weighted by atomic mass is 16.5. The number of likely N-dealkylation sites (tertiary alicyclic amines) is 1. The maximum absolute atomic E-state index is 14.1. The van der Waals surface area contributed by atoms with Crippen molar-refractivity contribution in [2.45, 2.75) is 31.6 Å². The molecule has 6 heteroatoms. The van der Waals surface area contributed by atoms with E-state index in [4.69, 9.17) is 9.72 Å². The van der Waals surface area contributed by atoms with Crippen LogP contribution in [0.2, 0.25) is 0 Å². The number of hydrogen-bond acceptors (Lipinski definition) is 5. The van der Waals surface area contributed by atoms with Crippen molar-refractivity contribution < 1.29 is 9.53 Å². The second-order valence-electron chi connectivity index (χ2n) is 7.99. The van der Waals surface area contributed by atoms with Crippen molar-refractivity contribution in [3.63, 3.8) is 0 Å². The molecule has 0 bridgehead atoms. The van der Waals surface area contributed by atoms with Crippen molar-refractivity contribution in [2.75, 3.05) is 45.9 Å². The summed E-state index contributed by atoms with van der Waals surface area (Å²) in [4.78, 5) is 28.0. The van der Waals surface area contributed by atoms with Gasteiger partial charge in [-0.05, 0) is 50.5 Å². The summed E-state index contributed by atoms with van der Waals surface area (Å²) in [5.41, 5.74) is 1.66. The van der Waals surface area contributed by atoms with Crippen LogP contribution >= 0.6 is 0 Å². The highest BCUT2D eigenvalue weighted by Gasteiger charge is 2.47. The quantitative estimate of drug-likeness (QED) is 0.753. The third-order valence-electron chi connectivity index (χ3n) is 6.09. The Hall–Kier alpha value is -2.31. The molecule has 154 valence electrons. The van der Waals surface area contributed by atoms with Gasteiger partial charge in [-0.3, -0.25) is 19.7 Å². The number of aromatic nitrogens is 2. The Balaban J connectivity index is 1.78. The largest absolute Gasteiger partial charge is 0.379 e. The van der Waals surface area contributed by atoms with Crippen molar-refractivity contribution in [1.82, 2.24) is 19.8 Å². The molecule has 2 saturated heterocycles. The standard InChI is InChI=1S/C23H30N4O2/c1-19-7-6-9-21(25-19)23(20-8-2-3-11-24-20,22(28)27-12-4-5-13-27)10-14-26-15-17-29-18-16-26/h2-3,6-9,11H,4-5,10,12-18H2,1H3. The van der Waals surface area contributed by atoms with Crippen LogP contribution in [0.15, 0.2) is 42.6 Å². The highest BCUT2D eigenvalue weighted by Crippen LogP contribution is 2.37. The summed E-state index contributed by atoms with van der Waals surface area (Å²) in [6.45, 7) is 7.73. The van der Waals surface area contributed by atoms with Gasteiger partial charge in [0.05, 0.1) is 24.6 Å². The van der Waals surface area contributed by atoms with Gasteiger partial charge in [-0.15, -0.1) is 0 Å². The first kappa shape index (κ1) is 20.0. The molecule has 0 N–H and O–H groups in total. The van der Waals surface area contributed by atoms with Crippen LogP contribution in [0.3, 0.4) is 0 Å². The molecule has 4 heterocycles. The number of amides is 1. The predicted molar refractivity (Wildman–Crippen MR) is 112 cm³/mol. The Morgan fingerprint density at radius 1 is 1.03 bits per heavy atom. The van der Waals surface area contributed by atoms with Crippen LogP contribution in [0, 0.1) is 6.92 Å². The van der Waals surface area contributed by atoms with Crippen LogP contribution in [-0.2, 0) is 14.9 Å². The molecular formula is C23H30N4O2. The van der Waals surface area contributed by atoms with Gasteiger partial charge in [0.1, 0.15) is 5.41 Å². The first-order valence-electron chi connectivity index (χ1n) is 10.7. The molecule has 2 fully saturated rings. The van der Waals surface area contributed by atoms with Gasteiger partial charge in [-0.25, -0.2) is 0 Å². The smallest absolute Gasteiger partial charge is 0.240 e. The van der Waals surface area contributed by atoms with E-state index in [9.17, 15) is 4.79 Å². The van der Waals surface area contributed by atoms with E-state index in [1.54, 1.807) is 6.20 Å². The number of aryl methyl sites for hydroxylation is 1. The molecule has 2 aromatic heterocycles. The van der Waals surface area contributed by atoms with Crippen LogP contribution in [-0.4, -0.2) is 71.6 Å². The van der Waals surface area contributed by atoms with Gasteiger partial charge in [0.2, 0.25) is 5.91 Å². The molecule has 0 radical (unpaired) electrons. The van der Waals surface area contributed by atoms with Gasteiger partial charge < -0.3 is 9.64 Å². The van der Waals surface area contributed by atoms with Crippen molar-refractivity contribution in [2.24, 2.45) is 0 Å². The van der Waals surface area contributed by atoms with E-state index in [-0.39, 0.29) is 5.91 Å². The van der Waals surface area contributed by atoms with E-state index >= 15 is 0 Å². The third-order valence-corrected chi connectivity index (χ3v) is 6.09. The van der Waals surface area contributed by atoms with E-state index in [0.717, 1.165) is 75.9 Å². The van der Waals surface area contributed by atoms with Crippen molar-refractivity contribution in [3.05, 3.63) is 59.7 Å². The molecule has 0 aliphatic carbocycles. The number of carbonyl (C=O) groups is 1. The summed E-state index contributed by atoms with van der Waals surface area (Å²) in [5.74, 6) is 0.139. The molecule has 29 heavy (non-hydrogen) atoms. The van der Waals surface area contributed by atoms with Gasteiger partial charge in [0.25, 0.3) is 0 Å². The third kappa shape index (κ3) is 4.19. The number of morpholine rings is 1. The van der Waals surface area contributed by atoms with E-state index in [2.05, 4.69) is 9.88 Å². The maximum atomic E-state index is 14.1.